The van der Waals surface area contributed by atoms with E-state index in [9.17, 15) is 4.79 Å². The van der Waals surface area contributed by atoms with E-state index in [4.69, 9.17) is 18.9 Å². The summed E-state index contributed by atoms with van der Waals surface area (Å²) in [7, 11) is 0. The van der Waals surface area contributed by atoms with Crippen molar-refractivity contribution in [1.82, 2.24) is 0 Å². The quantitative estimate of drug-likeness (QED) is 0.744. The van der Waals surface area contributed by atoms with Crippen LogP contribution in [0.2, 0.25) is 0 Å². The van der Waals surface area contributed by atoms with Gasteiger partial charge in [-0.3, -0.25) is 4.79 Å². The Morgan fingerprint density at radius 2 is 1.63 bits per heavy atom. The summed E-state index contributed by atoms with van der Waals surface area (Å²) >= 11 is 0. The molecule has 3 saturated carbocycles. The van der Waals surface area contributed by atoms with Crippen molar-refractivity contribution < 1.29 is 23.7 Å². The smallest absolute Gasteiger partial charge is 0.171 e. The SMILES string of the molecule is CC1(CCC[C@@]2(C)CC(=O)C[C@H]3C[C@@H]4C[C@@]32CCC42OCCO2)OCCO1. The summed E-state index contributed by atoms with van der Waals surface area (Å²) in [6.45, 7) is 7.29. The van der Waals surface area contributed by atoms with Crippen LogP contribution >= 0.6 is 0 Å². The molecule has 5 nitrogen and oxygen atoms in total. The summed E-state index contributed by atoms with van der Waals surface area (Å²) < 4.78 is 23.8. The van der Waals surface area contributed by atoms with Gasteiger partial charge in [-0.05, 0) is 55.8 Å². The number of hydrogen-bond donors (Lipinski definition) is 0. The van der Waals surface area contributed by atoms with E-state index in [0.29, 0.717) is 30.8 Å². The molecule has 5 heteroatoms. The van der Waals surface area contributed by atoms with Gasteiger partial charge in [-0.25, -0.2) is 0 Å². The van der Waals surface area contributed by atoms with Gasteiger partial charge in [-0.15, -0.1) is 0 Å². The molecule has 0 N–H and O–H groups in total. The van der Waals surface area contributed by atoms with Gasteiger partial charge < -0.3 is 18.9 Å². The van der Waals surface area contributed by atoms with Crippen LogP contribution < -0.4 is 0 Å². The van der Waals surface area contributed by atoms with Crippen LogP contribution in [-0.4, -0.2) is 43.8 Å². The number of rotatable bonds is 4. The monoisotopic (exact) mass is 378 g/mol. The van der Waals surface area contributed by atoms with Crippen molar-refractivity contribution >= 4 is 5.78 Å². The lowest BCUT2D eigenvalue weighted by molar-refractivity contribution is -0.224. The van der Waals surface area contributed by atoms with Gasteiger partial charge in [0.05, 0.1) is 26.4 Å². The van der Waals surface area contributed by atoms with Crippen molar-refractivity contribution in [3.8, 4) is 0 Å². The first kappa shape index (κ1) is 18.5. The summed E-state index contributed by atoms with van der Waals surface area (Å²) in [5.74, 6) is 0.666. The van der Waals surface area contributed by atoms with Crippen LogP contribution in [0.4, 0.5) is 0 Å². The number of fused-ring (bicyclic) bond motifs is 2. The molecule has 5 aliphatic rings. The van der Waals surface area contributed by atoms with E-state index in [1.807, 2.05) is 0 Å². The lowest BCUT2D eigenvalue weighted by Gasteiger charge is -2.56. The topological polar surface area (TPSA) is 54.0 Å². The molecule has 5 rings (SSSR count). The van der Waals surface area contributed by atoms with E-state index in [-0.39, 0.29) is 16.6 Å². The van der Waals surface area contributed by atoms with Gasteiger partial charge in [0.15, 0.2) is 11.6 Å². The molecule has 2 saturated heterocycles. The number of carbonyl (C=O) groups is 1. The molecule has 2 aliphatic heterocycles. The highest BCUT2D eigenvalue weighted by atomic mass is 16.7. The van der Waals surface area contributed by atoms with Gasteiger partial charge >= 0.3 is 0 Å². The first-order valence-corrected chi connectivity index (χ1v) is 11.0. The number of hydrogen-bond acceptors (Lipinski definition) is 5. The van der Waals surface area contributed by atoms with Gasteiger partial charge in [0, 0.05) is 31.6 Å². The predicted molar refractivity (Wildman–Crippen MR) is 99.0 cm³/mol. The minimum absolute atomic E-state index is 0.0803. The van der Waals surface area contributed by atoms with Crippen LogP contribution in [0.15, 0.2) is 0 Å². The maximum Gasteiger partial charge on any atom is 0.171 e. The Hall–Kier alpha value is -0.490. The molecule has 27 heavy (non-hydrogen) atoms. The third-order valence-corrected chi connectivity index (χ3v) is 8.80. The van der Waals surface area contributed by atoms with Crippen LogP contribution in [0.1, 0.15) is 71.6 Å². The number of carbonyl (C=O) groups excluding carboxylic acids is 1. The van der Waals surface area contributed by atoms with Crippen molar-refractivity contribution in [1.29, 1.82) is 0 Å². The average Bonchev–Trinajstić information content (AvgIpc) is 3.31. The van der Waals surface area contributed by atoms with E-state index >= 15 is 0 Å². The fraction of sp³-hybridized carbons (Fsp3) is 0.955. The van der Waals surface area contributed by atoms with Crippen molar-refractivity contribution in [3.05, 3.63) is 0 Å². The minimum Gasteiger partial charge on any atom is -0.348 e. The van der Waals surface area contributed by atoms with Crippen molar-refractivity contribution in [3.63, 3.8) is 0 Å². The fourth-order valence-corrected chi connectivity index (χ4v) is 7.47. The highest BCUT2D eigenvalue weighted by molar-refractivity contribution is 5.81. The van der Waals surface area contributed by atoms with Crippen molar-refractivity contribution in [2.45, 2.75) is 83.2 Å². The second kappa shape index (κ2) is 6.25. The number of Topliss-reactive ketones (excluding diaryl/α,β-unsaturated/α-hetero) is 1. The molecule has 2 bridgehead atoms. The number of ketones is 1. The Balaban J connectivity index is 1.35. The molecule has 5 fully saturated rings. The summed E-state index contributed by atoms with van der Waals surface area (Å²) in [5, 5.41) is 0. The van der Waals surface area contributed by atoms with E-state index in [1.165, 1.54) is 6.42 Å². The molecule has 4 atom stereocenters. The molecule has 0 aromatic rings. The molecule has 2 spiro atoms. The van der Waals surface area contributed by atoms with E-state index in [1.54, 1.807) is 0 Å². The van der Waals surface area contributed by atoms with Gasteiger partial charge in [-0.2, -0.15) is 0 Å². The normalized spacial score (nSPS) is 44.7. The van der Waals surface area contributed by atoms with Crippen molar-refractivity contribution in [2.75, 3.05) is 26.4 Å². The Morgan fingerprint density at radius 3 is 2.37 bits per heavy atom. The molecule has 0 radical (unpaired) electrons. The van der Waals surface area contributed by atoms with Crippen LogP contribution in [0.3, 0.4) is 0 Å². The fourth-order valence-electron chi connectivity index (χ4n) is 7.47. The molecule has 0 amide bonds. The number of ether oxygens (including phenoxy) is 4. The van der Waals surface area contributed by atoms with E-state index in [2.05, 4.69) is 13.8 Å². The second-order valence-electron chi connectivity index (χ2n) is 10.2. The highest BCUT2D eigenvalue weighted by Crippen LogP contribution is 2.71. The first-order chi connectivity index (χ1) is 12.9. The van der Waals surface area contributed by atoms with Gasteiger partial charge in [0.25, 0.3) is 0 Å². The third kappa shape index (κ3) is 2.76. The lowest BCUT2D eigenvalue weighted by Crippen LogP contribution is -2.52. The minimum atomic E-state index is -0.424. The van der Waals surface area contributed by atoms with Gasteiger partial charge in [0.2, 0.25) is 0 Å². The maximum absolute atomic E-state index is 12.7. The maximum atomic E-state index is 12.7. The van der Waals surface area contributed by atoms with Crippen LogP contribution in [0, 0.1) is 22.7 Å². The third-order valence-electron chi connectivity index (χ3n) is 8.80. The average molecular weight is 379 g/mol. The predicted octanol–water partition coefficient (Wildman–Crippen LogP) is 3.84. The summed E-state index contributed by atoms with van der Waals surface area (Å²) in [6, 6.07) is 0. The van der Waals surface area contributed by atoms with Crippen LogP contribution in [0.25, 0.3) is 0 Å². The standard InChI is InChI=1S/C22H34O5/c1-19(4-3-5-20(2)24-8-9-25-20)15-18(23)13-16-12-17-14-21(16,19)6-7-22(17)26-10-11-27-22/h16-17H,3-15H2,1-2H3/t16-,17-,19+,21+/m1/s1. The van der Waals surface area contributed by atoms with E-state index in [0.717, 1.165) is 64.6 Å². The molecule has 152 valence electrons. The summed E-state index contributed by atoms with van der Waals surface area (Å²) in [4.78, 5) is 12.7. The van der Waals surface area contributed by atoms with E-state index < -0.39 is 5.79 Å². The summed E-state index contributed by atoms with van der Waals surface area (Å²) in [5.41, 5.74) is 0.362. The molecule has 0 aromatic heterocycles. The highest BCUT2D eigenvalue weighted by Gasteiger charge is 2.67. The molecular formula is C22H34O5. The Morgan fingerprint density at radius 1 is 0.926 bits per heavy atom. The molecule has 2 heterocycles. The van der Waals surface area contributed by atoms with Gasteiger partial charge in [0.1, 0.15) is 5.78 Å². The Labute approximate surface area is 162 Å². The second-order valence-corrected chi connectivity index (χ2v) is 10.2. The molecule has 0 aromatic carbocycles. The molecule has 3 aliphatic carbocycles. The lowest BCUT2D eigenvalue weighted by atomic mass is 9.49. The zero-order valence-electron chi connectivity index (χ0n) is 16.9. The van der Waals surface area contributed by atoms with Crippen LogP contribution in [0.5, 0.6) is 0 Å². The molecule has 0 unspecified atom stereocenters. The largest absolute Gasteiger partial charge is 0.348 e. The first-order valence-electron chi connectivity index (χ1n) is 11.0. The summed E-state index contributed by atoms with van der Waals surface area (Å²) in [6.07, 6.45) is 8.98. The zero-order valence-corrected chi connectivity index (χ0v) is 16.9. The van der Waals surface area contributed by atoms with Gasteiger partial charge in [-0.1, -0.05) is 6.92 Å². The van der Waals surface area contributed by atoms with Crippen molar-refractivity contribution in [2.24, 2.45) is 22.7 Å². The molecular weight excluding hydrogens is 344 g/mol. The Kier molecular flexibility index (Phi) is 4.29. The Bertz CT molecular complexity index is 606. The zero-order chi connectivity index (χ0) is 18.8. The van der Waals surface area contributed by atoms with Crippen LogP contribution in [-0.2, 0) is 23.7 Å².